The predicted octanol–water partition coefficient (Wildman–Crippen LogP) is 5.88. The van der Waals surface area contributed by atoms with Crippen LogP contribution in [0.1, 0.15) is 33.9 Å². The summed E-state index contributed by atoms with van der Waals surface area (Å²) in [5, 5.41) is 13.9. The average molecular weight is 506 g/mol. The number of furan rings is 1. The first-order valence-electron chi connectivity index (χ1n) is 10.7. The molecule has 0 radical (unpaired) electrons. The first-order chi connectivity index (χ1) is 17.0. The molecule has 2 atom stereocenters. The fraction of sp³-hybridized carbons (Fsp3) is 0.115. The number of aromatic nitrogens is 1. The van der Waals surface area contributed by atoms with Crippen LogP contribution < -0.4 is 15.0 Å². The van der Waals surface area contributed by atoms with Gasteiger partial charge in [0.2, 0.25) is 0 Å². The Labute approximate surface area is 211 Å². The number of thiocarbonyl (C=S) groups is 1. The Kier molecular flexibility index (Phi) is 6.15. The minimum absolute atomic E-state index is 0.161. The van der Waals surface area contributed by atoms with E-state index in [0.717, 1.165) is 11.4 Å². The Morgan fingerprint density at radius 1 is 1.14 bits per heavy atom. The molecule has 1 fully saturated rings. The number of nitrogens with zero attached hydrogens (tertiary/aromatic N) is 2. The summed E-state index contributed by atoms with van der Waals surface area (Å²) in [7, 11) is 1.56. The zero-order chi connectivity index (χ0) is 24.5. The number of rotatable bonds is 6. The summed E-state index contributed by atoms with van der Waals surface area (Å²) in [6.07, 6.45) is 1.72. The highest BCUT2D eigenvalue weighted by Gasteiger charge is 2.42. The van der Waals surface area contributed by atoms with Crippen molar-refractivity contribution in [2.75, 3.05) is 12.0 Å². The first kappa shape index (κ1) is 22.9. The van der Waals surface area contributed by atoms with Crippen LogP contribution in [-0.4, -0.2) is 28.3 Å². The molecular weight excluding hydrogens is 486 g/mol. The Balaban J connectivity index is 1.62. The third kappa shape index (κ3) is 4.22. The maximum Gasteiger partial charge on any atom is 0.336 e. The monoisotopic (exact) mass is 505 g/mol. The molecule has 2 N–H and O–H groups in total. The molecule has 0 unspecified atom stereocenters. The van der Waals surface area contributed by atoms with Crippen molar-refractivity contribution in [1.29, 1.82) is 0 Å². The second kappa shape index (κ2) is 9.40. The fourth-order valence-corrected chi connectivity index (χ4v) is 4.87. The van der Waals surface area contributed by atoms with Crippen LogP contribution in [0.25, 0.3) is 11.3 Å². The summed E-state index contributed by atoms with van der Waals surface area (Å²) in [5.41, 5.74) is 2.19. The average Bonchev–Trinajstić information content (AvgIpc) is 3.49. The van der Waals surface area contributed by atoms with Crippen LogP contribution in [-0.2, 0) is 0 Å². The van der Waals surface area contributed by atoms with E-state index in [9.17, 15) is 9.90 Å². The fourth-order valence-electron chi connectivity index (χ4n) is 4.27. The molecule has 176 valence electrons. The highest BCUT2D eigenvalue weighted by Crippen LogP contribution is 2.44. The van der Waals surface area contributed by atoms with Crippen LogP contribution in [0.2, 0.25) is 5.02 Å². The normalized spacial score (nSPS) is 17.3. The third-order valence-corrected chi connectivity index (χ3v) is 6.46. The summed E-state index contributed by atoms with van der Waals surface area (Å²) in [4.78, 5) is 18.2. The van der Waals surface area contributed by atoms with Crippen LogP contribution in [0, 0.1) is 0 Å². The standard InChI is InChI=1S/C26H20ClN3O4S/c1-33-21-10-9-15(14-18(21)27)30-24(23(29-26(30)35)19-8-4-5-13-28-19)22-12-11-20(34-22)16-6-2-3-7-17(16)25(31)32/h2-14,23-24H,1H3,(H,29,35)(H,31,32)/t23-,24-/m0/s1. The van der Waals surface area contributed by atoms with E-state index in [-0.39, 0.29) is 11.6 Å². The van der Waals surface area contributed by atoms with E-state index >= 15 is 0 Å². The number of halogens is 1. The van der Waals surface area contributed by atoms with Gasteiger partial charge in [-0.05, 0) is 60.7 Å². The molecule has 1 aliphatic rings. The number of carboxylic acids is 1. The molecule has 3 heterocycles. The van der Waals surface area contributed by atoms with Gasteiger partial charge >= 0.3 is 5.97 Å². The molecule has 5 rings (SSSR count). The van der Waals surface area contributed by atoms with Crippen LogP contribution in [0.5, 0.6) is 5.75 Å². The molecule has 2 aromatic heterocycles. The maximum absolute atomic E-state index is 11.8. The third-order valence-electron chi connectivity index (χ3n) is 5.85. The quantitative estimate of drug-likeness (QED) is 0.314. The highest BCUT2D eigenvalue weighted by molar-refractivity contribution is 7.80. The summed E-state index contributed by atoms with van der Waals surface area (Å²) in [6, 6.07) is 20.7. The topological polar surface area (TPSA) is 87.8 Å². The van der Waals surface area contributed by atoms with Gasteiger partial charge < -0.3 is 24.5 Å². The number of carbonyl (C=O) groups is 1. The van der Waals surface area contributed by atoms with Crippen LogP contribution in [0.15, 0.2) is 83.4 Å². The van der Waals surface area contributed by atoms with Crippen molar-refractivity contribution >= 4 is 40.6 Å². The van der Waals surface area contributed by atoms with Crippen molar-refractivity contribution in [2.45, 2.75) is 12.1 Å². The van der Waals surface area contributed by atoms with Gasteiger partial charge in [-0.2, -0.15) is 0 Å². The summed E-state index contributed by atoms with van der Waals surface area (Å²) in [6.45, 7) is 0. The van der Waals surface area contributed by atoms with Gasteiger partial charge in [-0.3, -0.25) is 4.98 Å². The van der Waals surface area contributed by atoms with Gasteiger partial charge in [-0.1, -0.05) is 35.9 Å². The van der Waals surface area contributed by atoms with Crippen LogP contribution in [0.3, 0.4) is 0 Å². The van der Waals surface area contributed by atoms with Crippen molar-refractivity contribution in [1.82, 2.24) is 10.3 Å². The van der Waals surface area contributed by atoms with Gasteiger partial charge in [0, 0.05) is 17.4 Å². The van der Waals surface area contributed by atoms with E-state index in [2.05, 4.69) is 10.3 Å². The molecule has 4 aromatic rings. The van der Waals surface area contributed by atoms with Gasteiger partial charge in [-0.15, -0.1) is 0 Å². The Bertz CT molecular complexity index is 1410. The minimum atomic E-state index is -1.02. The van der Waals surface area contributed by atoms with Gasteiger partial charge in [0.1, 0.15) is 23.3 Å². The molecule has 0 bridgehead atoms. The van der Waals surface area contributed by atoms with Crippen molar-refractivity contribution < 1.29 is 19.1 Å². The summed E-state index contributed by atoms with van der Waals surface area (Å²) >= 11 is 12.2. The van der Waals surface area contributed by atoms with Crippen molar-refractivity contribution in [3.8, 4) is 17.1 Å². The lowest BCUT2D eigenvalue weighted by atomic mass is 10.0. The number of nitrogens with one attached hydrogen (secondary N) is 1. The van der Waals surface area contributed by atoms with E-state index in [0.29, 0.717) is 33.0 Å². The molecule has 1 aliphatic heterocycles. The summed E-state index contributed by atoms with van der Waals surface area (Å²) < 4.78 is 11.6. The second-order valence-corrected chi connectivity index (χ2v) is 8.66. The van der Waals surface area contributed by atoms with E-state index in [1.807, 2.05) is 35.2 Å². The molecule has 0 amide bonds. The van der Waals surface area contributed by atoms with E-state index < -0.39 is 12.0 Å². The molecule has 35 heavy (non-hydrogen) atoms. The molecule has 0 aliphatic carbocycles. The van der Waals surface area contributed by atoms with Gasteiger partial charge in [-0.25, -0.2) is 4.79 Å². The second-order valence-electron chi connectivity index (χ2n) is 7.87. The lowest BCUT2D eigenvalue weighted by molar-refractivity contribution is 0.0697. The number of hydrogen-bond acceptors (Lipinski definition) is 5. The molecule has 0 saturated carbocycles. The lowest BCUT2D eigenvalue weighted by Crippen LogP contribution is -2.29. The maximum atomic E-state index is 11.8. The van der Waals surface area contributed by atoms with E-state index in [4.69, 9.17) is 33.0 Å². The van der Waals surface area contributed by atoms with Gasteiger partial charge in [0.25, 0.3) is 0 Å². The predicted molar refractivity (Wildman–Crippen MR) is 137 cm³/mol. The van der Waals surface area contributed by atoms with Crippen LogP contribution >= 0.6 is 23.8 Å². The largest absolute Gasteiger partial charge is 0.495 e. The Morgan fingerprint density at radius 2 is 1.94 bits per heavy atom. The number of pyridine rings is 1. The van der Waals surface area contributed by atoms with Crippen LogP contribution in [0.4, 0.5) is 5.69 Å². The smallest absolute Gasteiger partial charge is 0.336 e. The molecular formula is C26H20ClN3O4S. The SMILES string of the molecule is COc1ccc(N2C(=S)N[C@@H](c3ccccn3)[C@@H]2c2ccc(-c3ccccc3C(=O)O)o2)cc1Cl. The number of hydrogen-bond donors (Lipinski definition) is 2. The van der Waals surface area contributed by atoms with Crippen molar-refractivity contribution in [3.63, 3.8) is 0 Å². The first-order valence-corrected chi connectivity index (χ1v) is 11.5. The van der Waals surface area contributed by atoms with E-state index in [1.165, 1.54) is 0 Å². The zero-order valence-corrected chi connectivity index (χ0v) is 20.1. The highest BCUT2D eigenvalue weighted by atomic mass is 35.5. The molecule has 0 spiro atoms. The molecule has 2 aromatic carbocycles. The van der Waals surface area contributed by atoms with Crippen molar-refractivity contribution in [3.05, 3.63) is 101 Å². The van der Waals surface area contributed by atoms with Gasteiger partial charge in [0.05, 0.1) is 29.4 Å². The number of carboxylic acid groups (broad SMARTS) is 1. The van der Waals surface area contributed by atoms with E-state index in [1.54, 1.807) is 55.8 Å². The number of anilines is 1. The number of benzene rings is 2. The van der Waals surface area contributed by atoms with Crippen molar-refractivity contribution in [2.24, 2.45) is 0 Å². The van der Waals surface area contributed by atoms with Gasteiger partial charge in [0.15, 0.2) is 5.11 Å². The molecule has 1 saturated heterocycles. The molecule has 9 heteroatoms. The number of aromatic carboxylic acids is 1. The number of ether oxygens (including phenoxy) is 1. The summed E-state index contributed by atoms with van der Waals surface area (Å²) in [5.74, 6) is 0.568. The Morgan fingerprint density at radius 3 is 2.66 bits per heavy atom. The zero-order valence-electron chi connectivity index (χ0n) is 18.5. The number of methoxy groups -OCH3 is 1. The lowest BCUT2D eigenvalue weighted by Gasteiger charge is -2.26. The minimum Gasteiger partial charge on any atom is -0.495 e. The molecule has 7 nitrogen and oxygen atoms in total. The Hall–Kier alpha value is -3.88.